The van der Waals surface area contributed by atoms with E-state index in [4.69, 9.17) is 13.9 Å². The fraction of sp³-hybridized carbons (Fsp3) is 0.312. The lowest BCUT2D eigenvalue weighted by Crippen LogP contribution is -2.15. The van der Waals surface area contributed by atoms with E-state index in [9.17, 15) is 0 Å². The molecular weight excluding hydrogens is 310 g/mol. The first-order valence-electron chi connectivity index (χ1n) is 7.82. The summed E-state index contributed by atoms with van der Waals surface area (Å²) in [7, 11) is 0. The van der Waals surface area contributed by atoms with E-state index in [0.29, 0.717) is 37.4 Å². The van der Waals surface area contributed by atoms with Gasteiger partial charge in [0.2, 0.25) is 5.89 Å². The van der Waals surface area contributed by atoms with Crippen molar-refractivity contribution in [1.82, 2.24) is 20.2 Å². The van der Waals surface area contributed by atoms with Crippen LogP contribution in [0.2, 0.25) is 0 Å². The summed E-state index contributed by atoms with van der Waals surface area (Å²) in [5.74, 6) is 2.80. The van der Waals surface area contributed by atoms with Gasteiger partial charge in [-0.05, 0) is 18.2 Å². The topological polar surface area (TPSA) is 98.1 Å². The molecule has 0 bridgehead atoms. The number of aryl methyl sites for hydroxylation is 1. The number of rotatable bonds is 5. The molecule has 0 saturated heterocycles. The van der Waals surface area contributed by atoms with Crippen molar-refractivity contribution < 1.29 is 13.9 Å². The normalized spacial score (nSPS) is 13.0. The maximum atomic E-state index is 5.65. The van der Waals surface area contributed by atoms with Gasteiger partial charge in [0, 0.05) is 12.0 Å². The number of hydrogen-bond acceptors (Lipinski definition) is 7. The number of aromatic nitrogens is 4. The zero-order valence-corrected chi connectivity index (χ0v) is 13.2. The van der Waals surface area contributed by atoms with Crippen molar-refractivity contribution in [2.24, 2.45) is 0 Å². The Balaban J connectivity index is 1.46. The van der Waals surface area contributed by atoms with E-state index >= 15 is 0 Å². The summed E-state index contributed by atoms with van der Waals surface area (Å²) in [5, 5.41) is 11.2. The standard InChI is InChI=1S/C16H17N5O3/c1-2-14-17-8-11(19-14)9-18-16-21-20-15(24-16)10-3-4-12-13(7-10)23-6-5-22-12/h3-4,7-8H,2,5-6,9H2,1H3,(H,17,19)(H,18,21). The Kier molecular flexibility index (Phi) is 3.78. The maximum Gasteiger partial charge on any atom is 0.316 e. The summed E-state index contributed by atoms with van der Waals surface area (Å²) in [6, 6.07) is 5.91. The molecule has 0 fully saturated rings. The largest absolute Gasteiger partial charge is 0.486 e. The van der Waals surface area contributed by atoms with E-state index in [1.807, 2.05) is 25.1 Å². The lowest BCUT2D eigenvalue weighted by Gasteiger charge is -2.18. The predicted molar refractivity (Wildman–Crippen MR) is 86.0 cm³/mol. The third kappa shape index (κ3) is 2.90. The molecule has 0 unspecified atom stereocenters. The molecule has 0 radical (unpaired) electrons. The number of fused-ring (bicyclic) bond motifs is 1. The molecule has 0 aliphatic carbocycles. The second-order valence-electron chi connectivity index (χ2n) is 5.33. The molecule has 3 aromatic rings. The Morgan fingerprint density at radius 3 is 2.88 bits per heavy atom. The summed E-state index contributed by atoms with van der Waals surface area (Å²) in [5.41, 5.74) is 1.75. The molecule has 0 saturated carbocycles. The van der Waals surface area contributed by atoms with Crippen LogP contribution in [-0.2, 0) is 13.0 Å². The fourth-order valence-corrected chi connectivity index (χ4v) is 2.43. The molecule has 4 rings (SSSR count). The predicted octanol–water partition coefficient (Wildman–Crippen LogP) is 2.41. The Morgan fingerprint density at radius 2 is 2.04 bits per heavy atom. The molecule has 1 aliphatic rings. The Hall–Kier alpha value is -3.03. The van der Waals surface area contributed by atoms with Crippen molar-refractivity contribution in [2.45, 2.75) is 19.9 Å². The van der Waals surface area contributed by atoms with E-state index in [-0.39, 0.29) is 0 Å². The highest BCUT2D eigenvalue weighted by Crippen LogP contribution is 2.34. The lowest BCUT2D eigenvalue weighted by molar-refractivity contribution is 0.171. The quantitative estimate of drug-likeness (QED) is 0.742. The zero-order chi connectivity index (χ0) is 16.4. The SMILES string of the molecule is CCc1ncc(CNc2nnc(-c3ccc4c(c3)OCCO4)o2)[nH]1. The van der Waals surface area contributed by atoms with Gasteiger partial charge < -0.3 is 24.2 Å². The molecule has 0 amide bonds. The summed E-state index contributed by atoms with van der Waals surface area (Å²) in [6.07, 6.45) is 2.67. The highest BCUT2D eigenvalue weighted by atomic mass is 16.6. The molecule has 2 aromatic heterocycles. The lowest BCUT2D eigenvalue weighted by atomic mass is 10.2. The van der Waals surface area contributed by atoms with Gasteiger partial charge in [0.05, 0.1) is 18.4 Å². The summed E-state index contributed by atoms with van der Waals surface area (Å²) in [6.45, 7) is 3.69. The van der Waals surface area contributed by atoms with Crippen molar-refractivity contribution in [3.8, 4) is 23.0 Å². The van der Waals surface area contributed by atoms with Gasteiger partial charge in [0.1, 0.15) is 19.0 Å². The van der Waals surface area contributed by atoms with Gasteiger partial charge in [-0.2, -0.15) is 0 Å². The van der Waals surface area contributed by atoms with Crippen LogP contribution in [0, 0.1) is 0 Å². The first kappa shape index (κ1) is 14.6. The number of aromatic amines is 1. The molecule has 0 atom stereocenters. The first-order chi connectivity index (χ1) is 11.8. The average Bonchev–Trinajstić information content (AvgIpc) is 3.28. The molecule has 1 aliphatic heterocycles. The summed E-state index contributed by atoms with van der Waals surface area (Å²) >= 11 is 0. The molecule has 0 spiro atoms. The van der Waals surface area contributed by atoms with Crippen LogP contribution >= 0.6 is 0 Å². The van der Waals surface area contributed by atoms with Crippen LogP contribution in [0.1, 0.15) is 18.4 Å². The van der Waals surface area contributed by atoms with Gasteiger partial charge in [-0.15, -0.1) is 5.10 Å². The van der Waals surface area contributed by atoms with Crippen LogP contribution in [0.3, 0.4) is 0 Å². The van der Waals surface area contributed by atoms with Crippen molar-refractivity contribution in [1.29, 1.82) is 0 Å². The minimum Gasteiger partial charge on any atom is -0.486 e. The van der Waals surface area contributed by atoms with Crippen LogP contribution in [0.15, 0.2) is 28.8 Å². The number of nitrogens with one attached hydrogen (secondary N) is 2. The second-order valence-corrected chi connectivity index (χ2v) is 5.33. The smallest absolute Gasteiger partial charge is 0.316 e. The van der Waals surface area contributed by atoms with Gasteiger partial charge in [0.25, 0.3) is 0 Å². The third-order valence-electron chi connectivity index (χ3n) is 3.66. The Morgan fingerprint density at radius 1 is 1.17 bits per heavy atom. The number of ether oxygens (including phenoxy) is 2. The van der Waals surface area contributed by atoms with Crippen molar-refractivity contribution in [3.05, 3.63) is 35.9 Å². The summed E-state index contributed by atoms with van der Waals surface area (Å²) < 4.78 is 16.7. The third-order valence-corrected chi connectivity index (χ3v) is 3.66. The first-order valence-corrected chi connectivity index (χ1v) is 7.82. The minimum atomic E-state index is 0.354. The molecular formula is C16H17N5O3. The highest BCUT2D eigenvalue weighted by Gasteiger charge is 2.15. The molecule has 24 heavy (non-hydrogen) atoms. The summed E-state index contributed by atoms with van der Waals surface area (Å²) in [4.78, 5) is 7.46. The van der Waals surface area contributed by atoms with Crippen molar-refractivity contribution >= 4 is 6.01 Å². The van der Waals surface area contributed by atoms with Crippen LogP contribution in [0.25, 0.3) is 11.5 Å². The molecule has 2 N–H and O–H groups in total. The van der Waals surface area contributed by atoms with Gasteiger partial charge in [-0.1, -0.05) is 12.0 Å². The Labute approximate surface area is 138 Å². The van der Waals surface area contributed by atoms with Gasteiger partial charge in [-0.3, -0.25) is 0 Å². The van der Waals surface area contributed by atoms with Crippen LogP contribution in [0.5, 0.6) is 11.5 Å². The molecule has 124 valence electrons. The fourth-order valence-electron chi connectivity index (χ4n) is 2.43. The average molecular weight is 327 g/mol. The van der Waals surface area contributed by atoms with Crippen molar-refractivity contribution in [3.63, 3.8) is 0 Å². The van der Waals surface area contributed by atoms with E-state index in [1.165, 1.54) is 0 Å². The van der Waals surface area contributed by atoms with E-state index in [1.54, 1.807) is 6.20 Å². The van der Waals surface area contributed by atoms with Crippen LogP contribution in [0.4, 0.5) is 6.01 Å². The molecule has 3 heterocycles. The number of anilines is 1. The second kappa shape index (κ2) is 6.23. The molecule has 8 nitrogen and oxygen atoms in total. The van der Waals surface area contributed by atoms with E-state index < -0.39 is 0 Å². The minimum absolute atomic E-state index is 0.354. The number of imidazole rings is 1. The monoisotopic (exact) mass is 327 g/mol. The number of hydrogen-bond donors (Lipinski definition) is 2. The Bertz CT molecular complexity index is 842. The maximum absolute atomic E-state index is 5.65. The molecule has 8 heteroatoms. The number of H-pyrrole nitrogens is 1. The molecule has 1 aromatic carbocycles. The zero-order valence-electron chi connectivity index (χ0n) is 13.2. The highest BCUT2D eigenvalue weighted by molar-refractivity contribution is 5.60. The number of benzene rings is 1. The number of nitrogens with zero attached hydrogens (tertiary/aromatic N) is 3. The van der Waals surface area contributed by atoms with Gasteiger partial charge >= 0.3 is 6.01 Å². The van der Waals surface area contributed by atoms with Crippen LogP contribution in [-0.4, -0.2) is 33.4 Å². The van der Waals surface area contributed by atoms with E-state index in [0.717, 1.165) is 29.3 Å². The van der Waals surface area contributed by atoms with Gasteiger partial charge in [0.15, 0.2) is 11.5 Å². The van der Waals surface area contributed by atoms with Gasteiger partial charge in [-0.25, -0.2) is 4.98 Å². The van der Waals surface area contributed by atoms with Crippen LogP contribution < -0.4 is 14.8 Å². The van der Waals surface area contributed by atoms with E-state index in [2.05, 4.69) is 25.5 Å². The van der Waals surface area contributed by atoms with Crippen molar-refractivity contribution in [2.75, 3.05) is 18.5 Å².